The first kappa shape index (κ1) is 64.2. The summed E-state index contributed by atoms with van der Waals surface area (Å²) in [4.78, 5) is 25.2. The van der Waals surface area contributed by atoms with Crippen molar-refractivity contribution >= 4 is 143 Å². The van der Waals surface area contributed by atoms with E-state index < -0.39 is 0 Å². The van der Waals surface area contributed by atoms with Crippen LogP contribution >= 0.6 is 11.3 Å². The third-order valence-electron chi connectivity index (χ3n) is 20.9. The molecule has 1 aliphatic carbocycles. The first-order valence-electron chi connectivity index (χ1n) is 35.9. The van der Waals surface area contributed by atoms with Gasteiger partial charge < -0.3 is 13.8 Å². The van der Waals surface area contributed by atoms with Gasteiger partial charge in [-0.3, -0.25) is 0 Å². The Morgan fingerprint density at radius 2 is 0.905 bits per heavy atom. The molecule has 7 nitrogen and oxygen atoms in total. The number of benzene rings is 13. The molecule has 17 aromatic rings. The van der Waals surface area contributed by atoms with Crippen molar-refractivity contribution < 1.29 is 8.83 Å². The molecule has 0 unspecified atom stereocenters. The number of thiophene rings is 1. The number of nitrogens with zero attached hydrogens (tertiary/aromatic N) is 4. The quantitative estimate of drug-likeness (QED) is 0.0868. The zero-order valence-electron chi connectivity index (χ0n) is 58.8. The Kier molecular flexibility index (Phi) is 16.4. The van der Waals surface area contributed by atoms with Crippen molar-refractivity contribution in [3.63, 3.8) is 0 Å². The summed E-state index contributed by atoms with van der Waals surface area (Å²) in [7, 11) is 0. The van der Waals surface area contributed by atoms with Crippen molar-refractivity contribution in [2.45, 2.75) is 47.0 Å². The highest BCUT2D eigenvalue weighted by atomic mass is 32.1. The number of rotatable bonds is 14. The van der Waals surface area contributed by atoms with E-state index >= 15 is 0 Å². The lowest BCUT2D eigenvalue weighted by Crippen LogP contribution is -2.05. The van der Waals surface area contributed by atoms with E-state index in [1.54, 1.807) is 11.3 Å². The van der Waals surface area contributed by atoms with Crippen LogP contribution in [0, 0.1) is 6.92 Å². The molecule has 0 atom stereocenters. The number of furan rings is 2. The van der Waals surface area contributed by atoms with Crippen LogP contribution in [0.4, 0.5) is 0 Å². The van der Waals surface area contributed by atoms with Crippen LogP contribution in [0.1, 0.15) is 89.2 Å². The predicted molar refractivity (Wildman–Crippen MR) is 447 cm³/mol. The maximum atomic E-state index is 6.47. The highest BCUT2D eigenvalue weighted by Gasteiger charge is 2.21. The van der Waals surface area contributed by atoms with Crippen LogP contribution in [-0.4, -0.2) is 28.1 Å². The summed E-state index contributed by atoms with van der Waals surface area (Å²) in [5.74, 6) is 1.13. The fourth-order valence-electron chi connectivity index (χ4n) is 15.2. The molecule has 0 amide bonds. The summed E-state index contributed by atoms with van der Waals surface area (Å²) in [5.41, 5.74) is 28.1. The van der Waals surface area contributed by atoms with Crippen molar-refractivity contribution in [1.29, 1.82) is 0 Å². The molecule has 0 aliphatic heterocycles. The maximum absolute atomic E-state index is 6.47. The number of aryl methyl sites for hydroxylation is 2. The van der Waals surface area contributed by atoms with Gasteiger partial charge in [-0.25, -0.2) is 20.0 Å². The van der Waals surface area contributed by atoms with Crippen LogP contribution in [-0.2, 0) is 6.42 Å². The third kappa shape index (κ3) is 12.0. The van der Waals surface area contributed by atoms with E-state index in [4.69, 9.17) is 28.8 Å². The predicted octanol–water partition coefficient (Wildman–Crippen LogP) is 26.5. The zero-order valence-corrected chi connectivity index (χ0v) is 59.6. The van der Waals surface area contributed by atoms with E-state index in [9.17, 15) is 0 Å². The second kappa shape index (κ2) is 26.8. The number of amidine groups is 2. The van der Waals surface area contributed by atoms with Gasteiger partial charge in [-0.05, 0) is 161 Å². The second-order valence-corrected chi connectivity index (χ2v) is 28.4. The van der Waals surface area contributed by atoms with Crippen molar-refractivity contribution in [2.24, 2.45) is 20.0 Å². The van der Waals surface area contributed by atoms with Gasteiger partial charge in [-0.1, -0.05) is 257 Å². The Morgan fingerprint density at radius 1 is 0.371 bits per heavy atom. The van der Waals surface area contributed by atoms with E-state index in [0.717, 1.165) is 163 Å². The van der Waals surface area contributed by atoms with Crippen molar-refractivity contribution in [2.75, 3.05) is 0 Å². The third-order valence-corrected chi connectivity index (χ3v) is 22.0. The lowest BCUT2D eigenvalue weighted by atomic mass is 9.89. The highest BCUT2D eigenvalue weighted by molar-refractivity contribution is 7.25. The summed E-state index contributed by atoms with van der Waals surface area (Å²) in [5, 5.41) is 9.21. The molecule has 0 fully saturated rings. The number of aliphatic imine (C=N–C) groups is 4. The molecule has 4 heterocycles. The van der Waals surface area contributed by atoms with Crippen LogP contribution in [0.3, 0.4) is 0 Å². The molecule has 0 saturated heterocycles. The molecular weight excluding hydrogens is 1300 g/mol. The lowest BCUT2D eigenvalue weighted by Gasteiger charge is -2.16. The summed E-state index contributed by atoms with van der Waals surface area (Å²) in [6.07, 6.45) is 7.32. The Labute approximate surface area is 613 Å². The minimum Gasteiger partial charge on any atom is -0.455 e. The number of para-hydroxylation sites is 4. The first-order chi connectivity index (χ1) is 51.5. The molecule has 18 rings (SSSR count). The number of aromatic amines is 1. The van der Waals surface area contributed by atoms with E-state index in [-0.39, 0.29) is 0 Å². The number of allylic oxidation sites excluding steroid dienone is 4. The molecule has 0 spiro atoms. The van der Waals surface area contributed by atoms with Crippen molar-refractivity contribution in [3.8, 4) is 33.4 Å². The number of hydrogen-bond donors (Lipinski definition) is 1. The molecule has 1 N–H and O–H groups in total. The zero-order chi connectivity index (χ0) is 70.8. The van der Waals surface area contributed by atoms with E-state index in [1.165, 1.54) is 53.6 Å². The minimum atomic E-state index is 0.552. The van der Waals surface area contributed by atoms with Crippen LogP contribution < -0.4 is 0 Å². The number of aromatic nitrogens is 1. The summed E-state index contributed by atoms with van der Waals surface area (Å²) in [6, 6.07) is 98.6. The van der Waals surface area contributed by atoms with Gasteiger partial charge in [0.1, 0.15) is 22.3 Å². The standard InChI is InChI=1S/C97H71N5O2S/c1-7-63-19-8-9-22-77(63)76-49-47-75(53-58(76)2)97(98-59(3)64-33-35-65(36-34-64)66-37-41-68(42-38-66)78-26-17-28-85-82-23-10-13-30-90(82)103-94(78)85)101-60(4)70-20-16-21-73(54-70)67-39-43-69(44-40-67)96(99-61(5)71-48-52-93-87(55-71)84-25-12-15-32-92(84)105-93)100-62(6)72-45-50-80-81-51-46-74(57-89(81)102-88(80)56-72)79-27-18-29-86-83-24-11-14-31-91(83)104-95(79)86/h8-37,39-41,43-57,102H,4-5,7,38,42H2,1-3,6H3. The molecule has 0 radical (unpaired) electrons. The Hall–Kier alpha value is -12.9. The summed E-state index contributed by atoms with van der Waals surface area (Å²) < 4.78 is 15.4. The van der Waals surface area contributed by atoms with Gasteiger partial charge in [0, 0.05) is 108 Å². The van der Waals surface area contributed by atoms with Gasteiger partial charge in [0.15, 0.2) is 11.7 Å². The fraction of sp³-hybridized carbons (Fsp3) is 0.0722. The molecule has 8 heteroatoms. The fourth-order valence-corrected chi connectivity index (χ4v) is 16.3. The van der Waals surface area contributed by atoms with Crippen molar-refractivity contribution in [1.82, 2.24) is 4.98 Å². The molecule has 0 bridgehead atoms. The van der Waals surface area contributed by atoms with E-state index in [0.29, 0.717) is 23.1 Å². The Balaban J connectivity index is 0.652. The van der Waals surface area contributed by atoms with Gasteiger partial charge in [-0.15, -0.1) is 11.3 Å². The number of hydrogen-bond acceptors (Lipinski definition) is 5. The van der Waals surface area contributed by atoms with Gasteiger partial charge >= 0.3 is 0 Å². The normalized spacial score (nSPS) is 13.3. The van der Waals surface area contributed by atoms with Gasteiger partial charge in [-0.2, -0.15) is 0 Å². The van der Waals surface area contributed by atoms with Crippen LogP contribution in [0.25, 0.3) is 142 Å². The van der Waals surface area contributed by atoms with Crippen LogP contribution in [0.15, 0.2) is 333 Å². The number of H-pyrrole nitrogens is 1. The van der Waals surface area contributed by atoms with E-state index in [2.05, 4.69) is 313 Å². The smallest absolute Gasteiger partial charge is 0.160 e. The molecule has 502 valence electrons. The largest absolute Gasteiger partial charge is 0.455 e. The summed E-state index contributed by atoms with van der Waals surface area (Å²) >= 11 is 1.80. The SMILES string of the molecule is C=C(N=C(N=C(C)c1ccc2c(c1)[nH]c1cc(-c3cccc4c3oc3ccccc34)ccc12)c1ccc(-c2cccc(C(=C)N=C(N=C(C)c3ccc(C4=CC=C(c5cccc6c5oc5ccccc56)CC4)cc3)c3ccc(-c4ccccc4CC)c(C)c3)c2)cc1)c1ccc2sc3ccccc3c2c1. The Morgan fingerprint density at radius 3 is 1.63 bits per heavy atom. The average molecular weight is 1370 g/mol. The monoisotopic (exact) mass is 1370 g/mol. The lowest BCUT2D eigenvalue weighted by molar-refractivity contribution is 0.667. The maximum Gasteiger partial charge on any atom is 0.160 e. The van der Waals surface area contributed by atoms with Crippen LogP contribution in [0.5, 0.6) is 0 Å². The molecule has 0 saturated carbocycles. The average Bonchev–Trinajstić information content (AvgIpc) is 1.62. The topological polar surface area (TPSA) is 91.5 Å². The second-order valence-electron chi connectivity index (χ2n) is 27.3. The molecule has 1 aliphatic rings. The molecule has 105 heavy (non-hydrogen) atoms. The minimum absolute atomic E-state index is 0.552. The first-order valence-corrected chi connectivity index (χ1v) is 36.7. The molecule has 4 aromatic heterocycles. The summed E-state index contributed by atoms with van der Waals surface area (Å²) in [6.45, 7) is 17.7. The van der Waals surface area contributed by atoms with Gasteiger partial charge in [0.05, 0.1) is 11.4 Å². The van der Waals surface area contributed by atoms with Gasteiger partial charge in [0.2, 0.25) is 0 Å². The van der Waals surface area contributed by atoms with E-state index in [1.807, 2.05) is 24.3 Å². The highest BCUT2D eigenvalue weighted by Crippen LogP contribution is 2.42. The molecular formula is C97H71N5O2S. The van der Waals surface area contributed by atoms with Crippen LogP contribution in [0.2, 0.25) is 0 Å². The number of nitrogens with one attached hydrogen (secondary N) is 1. The van der Waals surface area contributed by atoms with Crippen molar-refractivity contribution in [3.05, 3.63) is 360 Å². The molecule has 13 aromatic carbocycles. The van der Waals surface area contributed by atoms with Gasteiger partial charge in [0.25, 0.3) is 0 Å². The number of fused-ring (bicyclic) bond motifs is 12. The Bertz CT molecular complexity index is 6630.